The number of imidazole rings is 1. The summed E-state index contributed by atoms with van der Waals surface area (Å²) in [5, 5.41) is 0.626. The Hall–Kier alpha value is -2.53. The lowest BCUT2D eigenvalue weighted by Crippen LogP contribution is -2.49. The Labute approximate surface area is 170 Å². The van der Waals surface area contributed by atoms with Gasteiger partial charge in [0, 0.05) is 49.2 Å². The molecule has 2 aromatic heterocycles. The quantitative estimate of drug-likeness (QED) is 0.668. The number of rotatable bonds is 3. The number of carbonyl (C=O) groups excluding carboxylic acids is 1. The standard InChI is InChI=1S/C22H25ClN4O/c1-4-18-21(27-9-8-17(23)14-20(27)24-18)22(28)26-12-10-25(11-13-26)19-7-5-6-15(2)16(19)3/h5-9,14H,4,10-13H2,1-3H3. The summed E-state index contributed by atoms with van der Waals surface area (Å²) in [6.45, 7) is 9.41. The molecule has 0 N–H and O–H groups in total. The summed E-state index contributed by atoms with van der Waals surface area (Å²) < 4.78 is 1.87. The van der Waals surface area contributed by atoms with E-state index in [1.54, 1.807) is 12.1 Å². The van der Waals surface area contributed by atoms with Gasteiger partial charge in [0.1, 0.15) is 11.3 Å². The van der Waals surface area contributed by atoms with Crippen LogP contribution in [0.25, 0.3) is 5.65 Å². The van der Waals surface area contributed by atoms with Crippen LogP contribution < -0.4 is 4.90 Å². The predicted molar refractivity (Wildman–Crippen MR) is 114 cm³/mol. The number of hydrogen-bond donors (Lipinski definition) is 0. The van der Waals surface area contributed by atoms with Crippen LogP contribution in [0.5, 0.6) is 0 Å². The lowest BCUT2D eigenvalue weighted by molar-refractivity contribution is 0.0738. The predicted octanol–water partition coefficient (Wildman–Crippen LogP) is 4.13. The Balaban J connectivity index is 1.56. The largest absolute Gasteiger partial charge is 0.368 e. The molecular weight excluding hydrogens is 372 g/mol. The highest BCUT2D eigenvalue weighted by Gasteiger charge is 2.27. The third-order valence-electron chi connectivity index (χ3n) is 5.68. The van der Waals surface area contributed by atoms with Gasteiger partial charge in [0.15, 0.2) is 0 Å². The smallest absolute Gasteiger partial charge is 0.272 e. The number of fused-ring (bicyclic) bond motifs is 1. The highest BCUT2D eigenvalue weighted by molar-refractivity contribution is 6.30. The maximum atomic E-state index is 13.3. The molecule has 0 unspecified atom stereocenters. The number of anilines is 1. The van der Waals surface area contributed by atoms with Gasteiger partial charge in [-0.05, 0) is 43.5 Å². The summed E-state index contributed by atoms with van der Waals surface area (Å²) in [6, 6.07) is 10.0. The van der Waals surface area contributed by atoms with Crippen LogP contribution in [0.15, 0.2) is 36.5 Å². The summed E-state index contributed by atoms with van der Waals surface area (Å²) in [5.41, 5.74) is 6.09. The first-order chi connectivity index (χ1) is 13.5. The normalized spacial score (nSPS) is 14.7. The first kappa shape index (κ1) is 18.8. The second-order valence-electron chi connectivity index (χ2n) is 7.33. The van der Waals surface area contributed by atoms with Gasteiger partial charge in [-0.1, -0.05) is 30.7 Å². The molecule has 0 radical (unpaired) electrons. The molecule has 1 saturated heterocycles. The summed E-state index contributed by atoms with van der Waals surface area (Å²) >= 11 is 6.10. The van der Waals surface area contributed by atoms with Crippen molar-refractivity contribution in [2.24, 2.45) is 0 Å². The maximum Gasteiger partial charge on any atom is 0.272 e. The molecule has 146 valence electrons. The van der Waals surface area contributed by atoms with E-state index >= 15 is 0 Å². The van der Waals surface area contributed by atoms with Crippen molar-refractivity contribution in [1.29, 1.82) is 0 Å². The number of aryl methyl sites for hydroxylation is 2. The summed E-state index contributed by atoms with van der Waals surface area (Å²) in [7, 11) is 0. The SMILES string of the molecule is CCc1nc2cc(Cl)ccn2c1C(=O)N1CCN(c2cccc(C)c2C)CC1. The Bertz CT molecular complexity index is 1030. The Morgan fingerprint density at radius 2 is 1.89 bits per heavy atom. The van der Waals surface area contributed by atoms with Gasteiger partial charge in [0.2, 0.25) is 0 Å². The van der Waals surface area contributed by atoms with E-state index in [1.807, 2.05) is 22.4 Å². The monoisotopic (exact) mass is 396 g/mol. The molecule has 5 nitrogen and oxygen atoms in total. The van der Waals surface area contributed by atoms with Crippen LogP contribution in [-0.4, -0.2) is 46.4 Å². The van der Waals surface area contributed by atoms with Crippen LogP contribution in [0, 0.1) is 13.8 Å². The fourth-order valence-corrected chi connectivity index (χ4v) is 4.07. The minimum atomic E-state index is 0.0484. The fraction of sp³-hybridized carbons (Fsp3) is 0.364. The van der Waals surface area contributed by atoms with Crippen molar-refractivity contribution in [3.8, 4) is 0 Å². The average Bonchev–Trinajstić information content (AvgIpc) is 3.07. The molecule has 0 saturated carbocycles. The van der Waals surface area contributed by atoms with E-state index in [1.165, 1.54) is 16.8 Å². The molecule has 1 aliphatic rings. The van der Waals surface area contributed by atoms with Crippen molar-refractivity contribution in [3.63, 3.8) is 0 Å². The third kappa shape index (κ3) is 3.24. The maximum absolute atomic E-state index is 13.3. The lowest BCUT2D eigenvalue weighted by atomic mass is 10.1. The molecule has 3 aromatic rings. The van der Waals surface area contributed by atoms with Crippen LogP contribution in [0.1, 0.15) is 34.2 Å². The number of hydrogen-bond acceptors (Lipinski definition) is 3. The van der Waals surface area contributed by atoms with Crippen LogP contribution in [0.4, 0.5) is 5.69 Å². The van der Waals surface area contributed by atoms with E-state index < -0.39 is 0 Å². The highest BCUT2D eigenvalue weighted by Crippen LogP contribution is 2.25. The molecule has 0 atom stereocenters. The summed E-state index contributed by atoms with van der Waals surface area (Å²) in [6.07, 6.45) is 2.55. The number of carbonyl (C=O) groups is 1. The Morgan fingerprint density at radius 3 is 2.61 bits per heavy atom. The third-order valence-corrected chi connectivity index (χ3v) is 5.92. The van der Waals surface area contributed by atoms with Crippen LogP contribution >= 0.6 is 11.6 Å². The lowest BCUT2D eigenvalue weighted by Gasteiger charge is -2.37. The topological polar surface area (TPSA) is 40.9 Å². The van der Waals surface area contributed by atoms with Gasteiger partial charge in [-0.15, -0.1) is 0 Å². The van der Waals surface area contributed by atoms with Crippen LogP contribution in [-0.2, 0) is 6.42 Å². The van der Waals surface area contributed by atoms with Crippen molar-refractivity contribution in [2.75, 3.05) is 31.1 Å². The molecule has 4 rings (SSSR count). The van der Waals surface area contributed by atoms with Gasteiger partial charge in [0.05, 0.1) is 5.69 Å². The molecule has 0 spiro atoms. The van der Waals surface area contributed by atoms with Crippen molar-refractivity contribution < 1.29 is 4.79 Å². The molecule has 6 heteroatoms. The zero-order valence-electron chi connectivity index (χ0n) is 16.6. The van der Waals surface area contributed by atoms with Gasteiger partial charge < -0.3 is 9.80 Å². The first-order valence-electron chi connectivity index (χ1n) is 9.76. The molecule has 1 fully saturated rings. The number of amides is 1. The van der Waals surface area contributed by atoms with Crippen molar-refractivity contribution in [2.45, 2.75) is 27.2 Å². The van der Waals surface area contributed by atoms with Crippen LogP contribution in [0.2, 0.25) is 5.02 Å². The number of nitrogens with zero attached hydrogens (tertiary/aromatic N) is 4. The van der Waals surface area contributed by atoms with E-state index in [2.05, 4.69) is 41.9 Å². The molecule has 28 heavy (non-hydrogen) atoms. The first-order valence-corrected chi connectivity index (χ1v) is 10.1. The fourth-order valence-electron chi connectivity index (χ4n) is 3.92. The number of benzene rings is 1. The minimum Gasteiger partial charge on any atom is -0.368 e. The van der Waals surface area contributed by atoms with E-state index in [-0.39, 0.29) is 5.91 Å². The van der Waals surface area contributed by atoms with E-state index in [4.69, 9.17) is 11.6 Å². The second-order valence-corrected chi connectivity index (χ2v) is 7.77. The molecule has 1 amide bonds. The van der Waals surface area contributed by atoms with Gasteiger partial charge in [-0.25, -0.2) is 4.98 Å². The zero-order chi connectivity index (χ0) is 19.8. The summed E-state index contributed by atoms with van der Waals surface area (Å²) in [4.78, 5) is 22.2. The minimum absolute atomic E-state index is 0.0484. The van der Waals surface area contributed by atoms with E-state index in [0.29, 0.717) is 30.2 Å². The molecule has 1 aromatic carbocycles. The zero-order valence-corrected chi connectivity index (χ0v) is 17.3. The van der Waals surface area contributed by atoms with Gasteiger partial charge in [0.25, 0.3) is 5.91 Å². The molecule has 1 aliphatic heterocycles. The van der Waals surface area contributed by atoms with Gasteiger partial charge in [-0.3, -0.25) is 9.20 Å². The number of piperazine rings is 1. The Kier molecular flexibility index (Phi) is 5.02. The molecule has 3 heterocycles. The number of aromatic nitrogens is 2. The molecule has 0 bridgehead atoms. The van der Waals surface area contributed by atoms with Crippen molar-refractivity contribution in [1.82, 2.24) is 14.3 Å². The molecular formula is C22H25ClN4O. The van der Waals surface area contributed by atoms with E-state index in [9.17, 15) is 4.79 Å². The van der Waals surface area contributed by atoms with E-state index in [0.717, 1.165) is 24.4 Å². The summed E-state index contributed by atoms with van der Waals surface area (Å²) in [5.74, 6) is 0.0484. The highest BCUT2D eigenvalue weighted by atomic mass is 35.5. The number of pyridine rings is 1. The Morgan fingerprint density at radius 1 is 1.14 bits per heavy atom. The van der Waals surface area contributed by atoms with Crippen LogP contribution in [0.3, 0.4) is 0 Å². The molecule has 0 aliphatic carbocycles. The van der Waals surface area contributed by atoms with Crippen molar-refractivity contribution >= 4 is 28.8 Å². The van der Waals surface area contributed by atoms with Gasteiger partial charge >= 0.3 is 0 Å². The van der Waals surface area contributed by atoms with Crippen molar-refractivity contribution in [3.05, 3.63) is 64.1 Å². The average molecular weight is 397 g/mol. The second kappa shape index (κ2) is 7.47. The van der Waals surface area contributed by atoms with Gasteiger partial charge in [-0.2, -0.15) is 0 Å². The number of halogens is 1.